The van der Waals surface area contributed by atoms with Crippen LogP contribution in [0.5, 0.6) is 0 Å². The van der Waals surface area contributed by atoms with Gasteiger partial charge in [-0.3, -0.25) is 4.90 Å². The summed E-state index contributed by atoms with van der Waals surface area (Å²) in [5, 5.41) is 0. The normalized spacial score (nSPS) is 47.5. The van der Waals surface area contributed by atoms with Crippen LogP contribution in [0.1, 0.15) is 44.9 Å². The summed E-state index contributed by atoms with van der Waals surface area (Å²) in [5.74, 6) is 1.10. The fraction of sp³-hybridized carbons (Fsp3) is 1.00. The number of hydrogen-bond donors (Lipinski definition) is 0. The molecule has 1 saturated carbocycles. The van der Waals surface area contributed by atoms with Crippen molar-refractivity contribution in [2.45, 2.75) is 50.5 Å². The van der Waals surface area contributed by atoms with Crippen molar-refractivity contribution in [1.29, 1.82) is 0 Å². The Balaban J connectivity index is 1.89. The predicted molar refractivity (Wildman–Crippen MR) is 50.1 cm³/mol. The van der Waals surface area contributed by atoms with Crippen LogP contribution in [0, 0.1) is 5.92 Å². The molecule has 0 aromatic carbocycles. The van der Waals surface area contributed by atoms with Crippen molar-refractivity contribution in [1.82, 2.24) is 4.90 Å². The average Bonchev–Trinajstić information content (AvgIpc) is 2.46. The van der Waals surface area contributed by atoms with Crippen LogP contribution in [0.25, 0.3) is 0 Å². The van der Waals surface area contributed by atoms with E-state index in [4.69, 9.17) is 0 Å². The first-order valence-electron chi connectivity index (χ1n) is 5.64. The van der Waals surface area contributed by atoms with Crippen LogP contribution in [0.3, 0.4) is 0 Å². The SMILES string of the molecule is C1CC2CCN3CCCC3(C1)C2. The Kier molecular flexibility index (Phi) is 1.52. The molecule has 68 valence electrons. The maximum absolute atomic E-state index is 2.81. The molecule has 3 rings (SSSR count). The quantitative estimate of drug-likeness (QED) is 0.533. The fourth-order valence-electron chi connectivity index (χ4n) is 3.90. The van der Waals surface area contributed by atoms with Gasteiger partial charge in [0.15, 0.2) is 0 Å². The van der Waals surface area contributed by atoms with Crippen molar-refractivity contribution in [2.75, 3.05) is 13.1 Å². The Morgan fingerprint density at radius 3 is 2.92 bits per heavy atom. The lowest BCUT2D eigenvalue weighted by Gasteiger charge is -2.49. The first kappa shape index (κ1) is 7.37. The maximum atomic E-state index is 2.81. The molecule has 0 radical (unpaired) electrons. The van der Waals surface area contributed by atoms with Gasteiger partial charge in [0, 0.05) is 5.54 Å². The highest BCUT2D eigenvalue weighted by Gasteiger charge is 2.46. The minimum atomic E-state index is 0.723. The summed E-state index contributed by atoms with van der Waals surface area (Å²) in [4.78, 5) is 2.81. The second-order valence-corrected chi connectivity index (χ2v) is 5.07. The molecule has 2 atom stereocenters. The van der Waals surface area contributed by atoms with Crippen LogP contribution in [-0.2, 0) is 0 Å². The van der Waals surface area contributed by atoms with Crippen LogP contribution in [0.15, 0.2) is 0 Å². The molecule has 2 aliphatic heterocycles. The minimum Gasteiger partial charge on any atom is -0.298 e. The van der Waals surface area contributed by atoms with Crippen molar-refractivity contribution >= 4 is 0 Å². The van der Waals surface area contributed by atoms with E-state index in [0.717, 1.165) is 11.5 Å². The van der Waals surface area contributed by atoms with E-state index in [1.807, 2.05) is 0 Å². The van der Waals surface area contributed by atoms with Gasteiger partial charge in [-0.2, -0.15) is 0 Å². The second kappa shape index (κ2) is 2.47. The average molecular weight is 165 g/mol. The monoisotopic (exact) mass is 165 g/mol. The van der Waals surface area contributed by atoms with Gasteiger partial charge in [-0.15, -0.1) is 0 Å². The van der Waals surface area contributed by atoms with E-state index in [0.29, 0.717) is 0 Å². The highest BCUT2D eigenvalue weighted by atomic mass is 15.2. The number of piperidine rings is 1. The standard InChI is InChI=1S/C11H19N/c1-3-10-4-8-12-7-2-6-11(12,5-1)9-10/h10H,1-9H2. The van der Waals surface area contributed by atoms with E-state index >= 15 is 0 Å². The van der Waals surface area contributed by atoms with Gasteiger partial charge in [-0.1, -0.05) is 12.8 Å². The molecule has 0 aromatic rings. The zero-order valence-electron chi connectivity index (χ0n) is 7.89. The van der Waals surface area contributed by atoms with E-state index < -0.39 is 0 Å². The Morgan fingerprint density at radius 1 is 1.00 bits per heavy atom. The third kappa shape index (κ3) is 0.891. The Hall–Kier alpha value is -0.0400. The largest absolute Gasteiger partial charge is 0.298 e. The van der Waals surface area contributed by atoms with Gasteiger partial charge < -0.3 is 0 Å². The first-order chi connectivity index (χ1) is 5.89. The number of nitrogens with zero attached hydrogens (tertiary/aromatic N) is 1. The molecular formula is C11H19N. The Labute approximate surface area is 75.1 Å². The molecule has 2 unspecified atom stereocenters. The van der Waals surface area contributed by atoms with E-state index in [1.165, 1.54) is 51.6 Å². The first-order valence-corrected chi connectivity index (χ1v) is 5.64. The van der Waals surface area contributed by atoms with Gasteiger partial charge >= 0.3 is 0 Å². The molecule has 2 saturated heterocycles. The Bertz CT molecular complexity index is 189. The Morgan fingerprint density at radius 2 is 1.92 bits per heavy atom. The van der Waals surface area contributed by atoms with Gasteiger partial charge in [0.05, 0.1) is 0 Å². The maximum Gasteiger partial charge on any atom is 0.0212 e. The van der Waals surface area contributed by atoms with E-state index in [-0.39, 0.29) is 0 Å². The van der Waals surface area contributed by atoms with Crippen LogP contribution >= 0.6 is 0 Å². The van der Waals surface area contributed by atoms with Crippen molar-refractivity contribution in [2.24, 2.45) is 5.92 Å². The predicted octanol–water partition coefficient (Wildman–Crippen LogP) is 2.41. The topological polar surface area (TPSA) is 3.24 Å². The zero-order valence-corrected chi connectivity index (χ0v) is 7.89. The molecule has 1 aliphatic carbocycles. The van der Waals surface area contributed by atoms with Crippen molar-refractivity contribution < 1.29 is 0 Å². The lowest BCUT2D eigenvalue weighted by Crippen LogP contribution is -2.51. The number of rotatable bonds is 0. The van der Waals surface area contributed by atoms with E-state index in [2.05, 4.69) is 4.90 Å². The number of hydrogen-bond acceptors (Lipinski definition) is 1. The van der Waals surface area contributed by atoms with Gasteiger partial charge in [0.2, 0.25) is 0 Å². The molecule has 3 aliphatic rings. The van der Waals surface area contributed by atoms with Gasteiger partial charge in [-0.05, 0) is 51.1 Å². The number of fused-ring (bicyclic) bond motifs is 1. The van der Waals surface area contributed by atoms with Gasteiger partial charge in [-0.25, -0.2) is 0 Å². The van der Waals surface area contributed by atoms with Crippen molar-refractivity contribution in [3.8, 4) is 0 Å². The minimum absolute atomic E-state index is 0.723. The third-order valence-corrected chi connectivity index (χ3v) is 4.47. The van der Waals surface area contributed by atoms with Crippen molar-refractivity contribution in [3.63, 3.8) is 0 Å². The molecule has 12 heavy (non-hydrogen) atoms. The molecule has 2 heterocycles. The summed E-state index contributed by atoms with van der Waals surface area (Å²) in [7, 11) is 0. The lowest BCUT2D eigenvalue weighted by molar-refractivity contribution is 0.0187. The molecule has 0 aromatic heterocycles. The van der Waals surface area contributed by atoms with Gasteiger partial charge in [0.1, 0.15) is 0 Å². The zero-order chi connectivity index (χ0) is 8.02. The van der Waals surface area contributed by atoms with Crippen LogP contribution in [-0.4, -0.2) is 23.5 Å². The fourth-order valence-corrected chi connectivity index (χ4v) is 3.90. The molecule has 3 fully saturated rings. The summed E-state index contributed by atoms with van der Waals surface area (Å²) in [6.07, 6.45) is 10.6. The third-order valence-electron chi connectivity index (χ3n) is 4.47. The summed E-state index contributed by atoms with van der Waals surface area (Å²) < 4.78 is 0. The highest BCUT2D eigenvalue weighted by molar-refractivity contribution is 5.02. The second-order valence-electron chi connectivity index (χ2n) is 5.07. The molecule has 0 amide bonds. The van der Waals surface area contributed by atoms with Crippen molar-refractivity contribution in [3.05, 3.63) is 0 Å². The van der Waals surface area contributed by atoms with Gasteiger partial charge in [0.25, 0.3) is 0 Å². The van der Waals surface area contributed by atoms with E-state index in [1.54, 1.807) is 6.42 Å². The highest BCUT2D eigenvalue weighted by Crippen LogP contribution is 2.47. The molecule has 0 N–H and O–H groups in total. The molecule has 1 nitrogen and oxygen atoms in total. The smallest absolute Gasteiger partial charge is 0.0212 e. The van der Waals surface area contributed by atoms with E-state index in [9.17, 15) is 0 Å². The van der Waals surface area contributed by atoms with Crippen LogP contribution < -0.4 is 0 Å². The molecule has 1 heteroatoms. The summed E-state index contributed by atoms with van der Waals surface area (Å²) in [6, 6.07) is 0. The summed E-state index contributed by atoms with van der Waals surface area (Å²) >= 11 is 0. The molecular weight excluding hydrogens is 146 g/mol. The van der Waals surface area contributed by atoms with Crippen LogP contribution in [0.4, 0.5) is 0 Å². The van der Waals surface area contributed by atoms with Crippen LogP contribution in [0.2, 0.25) is 0 Å². The summed E-state index contributed by atoms with van der Waals surface area (Å²) in [5.41, 5.74) is 0.723. The summed E-state index contributed by atoms with van der Waals surface area (Å²) in [6.45, 7) is 2.83. The lowest BCUT2D eigenvalue weighted by atomic mass is 9.70. The molecule has 1 spiro atoms. The molecule has 2 bridgehead atoms.